The zero-order valence-corrected chi connectivity index (χ0v) is 10.6. The van der Waals surface area contributed by atoms with Crippen LogP contribution in [0.3, 0.4) is 0 Å². The van der Waals surface area contributed by atoms with E-state index in [0.717, 1.165) is 0 Å². The second kappa shape index (κ2) is 14.8. The number of rotatable bonds is 6. The van der Waals surface area contributed by atoms with E-state index in [4.69, 9.17) is 5.11 Å². The van der Waals surface area contributed by atoms with Gasteiger partial charge < -0.3 is 30.8 Å². The van der Waals surface area contributed by atoms with E-state index in [1.807, 2.05) is 0 Å². The summed E-state index contributed by atoms with van der Waals surface area (Å²) >= 11 is 0. The Morgan fingerprint density at radius 2 is 1.40 bits per heavy atom. The quantitative estimate of drug-likeness (QED) is 0.268. The summed E-state index contributed by atoms with van der Waals surface area (Å²) in [6.45, 7) is 4.65. The third-order valence-corrected chi connectivity index (χ3v) is 1.24. The first-order valence-electron chi connectivity index (χ1n) is 5.09. The molecule has 0 aromatic heterocycles. The highest BCUT2D eigenvalue weighted by molar-refractivity contribution is 5.86. The van der Waals surface area contributed by atoms with Crippen LogP contribution in [0.1, 0.15) is 14.4 Å². The summed E-state index contributed by atoms with van der Waals surface area (Å²) in [5.74, 6) is -0.511. The summed E-state index contributed by atoms with van der Waals surface area (Å²) in [7, 11) is 0. The van der Waals surface area contributed by atoms with Crippen molar-refractivity contribution in [3.63, 3.8) is 0 Å². The van der Waals surface area contributed by atoms with Crippen molar-refractivity contribution in [2.75, 3.05) is 26.4 Å². The standard InChI is InChI=1S/C7H11NO4.C3H7NO3.CH4/c1-5(2)6(9)11-3-4-12-7(8)10;4-3(6)7-2-1-5;/h1,3-4H2,2H3,(H2,8,10);5H,1-2H2,(H2,4,6);1H4. The van der Waals surface area contributed by atoms with E-state index in [0.29, 0.717) is 5.57 Å². The highest BCUT2D eigenvalue weighted by Crippen LogP contribution is 1.91. The maximum Gasteiger partial charge on any atom is 0.404 e. The van der Waals surface area contributed by atoms with Gasteiger partial charge in [-0.3, -0.25) is 0 Å². The average molecular weight is 294 g/mol. The van der Waals surface area contributed by atoms with Crippen LogP contribution < -0.4 is 11.5 Å². The molecule has 2 amide bonds. The van der Waals surface area contributed by atoms with Gasteiger partial charge in [0.15, 0.2) is 0 Å². The number of carbonyl (C=O) groups is 3. The van der Waals surface area contributed by atoms with Gasteiger partial charge in [-0.25, -0.2) is 14.4 Å². The molecule has 0 aromatic carbocycles. The molecule has 9 nitrogen and oxygen atoms in total. The molecular formula is C11H22N2O7. The van der Waals surface area contributed by atoms with Crippen molar-refractivity contribution in [3.8, 4) is 0 Å². The average Bonchev–Trinajstić information content (AvgIpc) is 2.32. The van der Waals surface area contributed by atoms with Crippen molar-refractivity contribution >= 4 is 18.2 Å². The molecule has 0 aliphatic carbocycles. The molecule has 9 heteroatoms. The molecular weight excluding hydrogens is 272 g/mol. The van der Waals surface area contributed by atoms with E-state index in [1.165, 1.54) is 6.92 Å². The van der Waals surface area contributed by atoms with E-state index >= 15 is 0 Å². The second-order valence-corrected chi connectivity index (χ2v) is 2.97. The normalized spacial score (nSPS) is 8.10. The van der Waals surface area contributed by atoms with Crippen LogP contribution >= 0.6 is 0 Å². The summed E-state index contributed by atoms with van der Waals surface area (Å²) in [4.78, 5) is 30.4. The van der Waals surface area contributed by atoms with Crippen LogP contribution in [-0.4, -0.2) is 49.7 Å². The predicted molar refractivity (Wildman–Crippen MR) is 70.7 cm³/mol. The Morgan fingerprint density at radius 1 is 1.00 bits per heavy atom. The third-order valence-electron chi connectivity index (χ3n) is 1.24. The lowest BCUT2D eigenvalue weighted by molar-refractivity contribution is -0.139. The summed E-state index contributed by atoms with van der Waals surface area (Å²) < 4.78 is 13.0. The number of carbonyl (C=O) groups excluding carboxylic acids is 3. The van der Waals surface area contributed by atoms with Gasteiger partial charge in [-0.1, -0.05) is 14.0 Å². The second-order valence-electron chi connectivity index (χ2n) is 2.97. The minimum atomic E-state index is -0.888. The first-order valence-corrected chi connectivity index (χ1v) is 5.09. The topological polar surface area (TPSA) is 151 Å². The minimum Gasteiger partial charge on any atom is -0.459 e. The molecule has 118 valence electrons. The fraction of sp³-hybridized carbons (Fsp3) is 0.545. The molecule has 0 heterocycles. The molecule has 0 rings (SSSR count). The number of nitrogens with two attached hydrogens (primary N) is 2. The Bertz CT molecular complexity index is 318. The summed E-state index contributed by atoms with van der Waals surface area (Å²) in [5, 5.41) is 7.98. The molecule has 5 N–H and O–H groups in total. The maximum absolute atomic E-state index is 10.7. The molecule has 0 fully saturated rings. The van der Waals surface area contributed by atoms with Crippen LogP contribution in [0.2, 0.25) is 0 Å². The zero-order chi connectivity index (χ0) is 15.3. The Labute approximate surface area is 117 Å². The van der Waals surface area contributed by atoms with Crippen LogP contribution in [0, 0.1) is 0 Å². The molecule has 0 aliphatic rings. The molecule has 0 bridgehead atoms. The Balaban J connectivity index is -0.000000312. The van der Waals surface area contributed by atoms with Gasteiger partial charge in [-0.2, -0.15) is 0 Å². The number of esters is 1. The van der Waals surface area contributed by atoms with Crippen LogP contribution in [0.4, 0.5) is 9.59 Å². The molecule has 0 radical (unpaired) electrons. The summed E-state index contributed by atoms with van der Waals surface area (Å²) in [6, 6.07) is 0. The van der Waals surface area contributed by atoms with E-state index in [1.54, 1.807) is 0 Å². The van der Waals surface area contributed by atoms with Crippen LogP contribution in [0.15, 0.2) is 12.2 Å². The number of amides is 2. The maximum atomic E-state index is 10.7. The van der Waals surface area contributed by atoms with Gasteiger partial charge in [-0.15, -0.1) is 0 Å². The molecule has 0 saturated heterocycles. The number of ether oxygens (including phenoxy) is 3. The molecule has 0 spiro atoms. The van der Waals surface area contributed by atoms with E-state index in [2.05, 4.69) is 32.3 Å². The highest BCUT2D eigenvalue weighted by Gasteiger charge is 2.02. The third kappa shape index (κ3) is 21.0. The number of hydrogen-bond donors (Lipinski definition) is 3. The van der Waals surface area contributed by atoms with Crippen molar-refractivity contribution < 1.29 is 33.7 Å². The summed E-state index contributed by atoms with van der Waals surface area (Å²) in [5.41, 5.74) is 9.46. The van der Waals surface area contributed by atoms with Gasteiger partial charge in [-0.05, 0) is 6.92 Å². The van der Waals surface area contributed by atoms with Crippen LogP contribution in [-0.2, 0) is 19.0 Å². The van der Waals surface area contributed by atoms with E-state index in [9.17, 15) is 14.4 Å². The Kier molecular flexibility index (Phi) is 16.9. The smallest absolute Gasteiger partial charge is 0.404 e. The first-order chi connectivity index (χ1) is 8.81. The largest absolute Gasteiger partial charge is 0.459 e. The SMILES string of the molecule is C.C=C(C)C(=O)OCCOC(N)=O.NC(=O)OCCO. The number of hydrogen-bond acceptors (Lipinski definition) is 7. The van der Waals surface area contributed by atoms with Gasteiger partial charge in [0.1, 0.15) is 19.8 Å². The van der Waals surface area contributed by atoms with Gasteiger partial charge >= 0.3 is 18.2 Å². The lowest BCUT2D eigenvalue weighted by Crippen LogP contribution is -2.18. The zero-order valence-electron chi connectivity index (χ0n) is 10.6. The first kappa shape index (κ1) is 22.9. The van der Waals surface area contributed by atoms with Crippen molar-refractivity contribution in [2.24, 2.45) is 11.5 Å². The van der Waals surface area contributed by atoms with Crippen LogP contribution in [0.5, 0.6) is 0 Å². The molecule has 20 heavy (non-hydrogen) atoms. The minimum absolute atomic E-state index is 0. The predicted octanol–water partition coefficient (Wildman–Crippen LogP) is -0.0889. The fourth-order valence-corrected chi connectivity index (χ4v) is 0.546. The number of aliphatic hydroxyl groups is 1. The fourth-order valence-electron chi connectivity index (χ4n) is 0.546. The van der Waals surface area contributed by atoms with Crippen molar-refractivity contribution in [1.29, 1.82) is 0 Å². The molecule has 0 unspecified atom stereocenters. The van der Waals surface area contributed by atoms with Gasteiger partial charge in [0.2, 0.25) is 0 Å². The van der Waals surface area contributed by atoms with Gasteiger partial charge in [0.25, 0.3) is 0 Å². The van der Waals surface area contributed by atoms with Crippen LogP contribution in [0.25, 0.3) is 0 Å². The van der Waals surface area contributed by atoms with Crippen molar-refractivity contribution in [2.45, 2.75) is 14.4 Å². The lowest BCUT2D eigenvalue weighted by atomic mass is 10.4. The van der Waals surface area contributed by atoms with Gasteiger partial charge in [0, 0.05) is 5.57 Å². The lowest BCUT2D eigenvalue weighted by Gasteiger charge is -2.03. The van der Waals surface area contributed by atoms with Crippen molar-refractivity contribution in [1.82, 2.24) is 0 Å². The molecule has 0 atom stereocenters. The van der Waals surface area contributed by atoms with Crippen molar-refractivity contribution in [3.05, 3.63) is 12.2 Å². The van der Waals surface area contributed by atoms with E-state index < -0.39 is 18.2 Å². The monoisotopic (exact) mass is 294 g/mol. The molecule has 0 aliphatic heterocycles. The highest BCUT2D eigenvalue weighted by atomic mass is 16.6. The van der Waals surface area contributed by atoms with E-state index in [-0.39, 0.29) is 33.9 Å². The number of aliphatic hydroxyl groups excluding tert-OH is 1. The summed E-state index contributed by atoms with van der Waals surface area (Å²) in [6.07, 6.45) is -1.74. The molecule has 0 saturated carbocycles. The molecule has 0 aromatic rings. The number of primary amides is 2. The Hall–Kier alpha value is -2.29. The Morgan fingerprint density at radius 3 is 1.70 bits per heavy atom. The van der Waals surface area contributed by atoms with Gasteiger partial charge in [0.05, 0.1) is 6.61 Å².